The maximum atomic E-state index is 11.9. The fraction of sp³-hybridized carbons (Fsp3) is 0.188. The summed E-state index contributed by atoms with van der Waals surface area (Å²) in [5.41, 5.74) is 3.13. The molecule has 3 rings (SSSR count). The van der Waals surface area contributed by atoms with Crippen LogP contribution in [0.15, 0.2) is 42.7 Å². The van der Waals surface area contributed by atoms with Gasteiger partial charge in [0.15, 0.2) is 0 Å². The molecule has 1 heterocycles. The summed E-state index contributed by atoms with van der Waals surface area (Å²) in [5, 5.41) is 2.84. The first kappa shape index (κ1) is 12.5. The number of hydrogen-bond donors (Lipinski definition) is 1. The molecule has 1 amide bonds. The van der Waals surface area contributed by atoms with Crippen LogP contribution in [-0.2, 0) is 17.6 Å². The monoisotopic (exact) mass is 265 g/mol. The van der Waals surface area contributed by atoms with Crippen LogP contribution >= 0.6 is 0 Å². The van der Waals surface area contributed by atoms with Gasteiger partial charge in [-0.2, -0.15) is 0 Å². The Morgan fingerprint density at radius 3 is 2.85 bits per heavy atom. The first-order chi connectivity index (χ1) is 9.83. The number of aryl methyl sites for hydroxylation is 1. The second-order valence-electron chi connectivity index (χ2n) is 4.73. The number of aromatic nitrogens is 2. The van der Waals surface area contributed by atoms with E-state index in [-0.39, 0.29) is 5.91 Å². The number of benzene rings is 1. The SMILES string of the molecule is O=C(/C=C/c1ccccc1)Nc1ncnc2c1CCC2. The van der Waals surface area contributed by atoms with Gasteiger partial charge < -0.3 is 5.32 Å². The molecule has 2 aromatic rings. The Balaban J connectivity index is 1.71. The summed E-state index contributed by atoms with van der Waals surface area (Å²) in [7, 11) is 0. The van der Waals surface area contributed by atoms with Gasteiger partial charge in [0.25, 0.3) is 0 Å². The van der Waals surface area contributed by atoms with Gasteiger partial charge in [-0.1, -0.05) is 30.3 Å². The largest absolute Gasteiger partial charge is 0.307 e. The van der Waals surface area contributed by atoms with Crippen molar-refractivity contribution in [1.29, 1.82) is 0 Å². The van der Waals surface area contributed by atoms with Gasteiger partial charge in [0.1, 0.15) is 12.1 Å². The van der Waals surface area contributed by atoms with Crippen molar-refractivity contribution < 1.29 is 4.79 Å². The highest BCUT2D eigenvalue weighted by atomic mass is 16.1. The summed E-state index contributed by atoms with van der Waals surface area (Å²) < 4.78 is 0. The molecule has 1 aliphatic rings. The van der Waals surface area contributed by atoms with Crippen LogP contribution in [0.1, 0.15) is 23.2 Å². The summed E-state index contributed by atoms with van der Waals surface area (Å²) in [4.78, 5) is 20.3. The van der Waals surface area contributed by atoms with Crippen molar-refractivity contribution in [3.05, 3.63) is 59.6 Å². The molecule has 4 heteroatoms. The smallest absolute Gasteiger partial charge is 0.249 e. The van der Waals surface area contributed by atoms with Crippen molar-refractivity contribution in [2.45, 2.75) is 19.3 Å². The first-order valence-corrected chi connectivity index (χ1v) is 6.70. The number of rotatable bonds is 3. The zero-order valence-corrected chi connectivity index (χ0v) is 11.0. The standard InChI is InChI=1S/C16H15N3O/c20-15(10-9-12-5-2-1-3-6-12)19-16-13-7-4-8-14(13)17-11-18-16/h1-3,5-6,9-11H,4,7-8H2,(H,17,18,19,20)/b10-9+. The molecule has 20 heavy (non-hydrogen) atoms. The molecule has 0 bridgehead atoms. The fourth-order valence-electron chi connectivity index (χ4n) is 2.36. The van der Waals surface area contributed by atoms with E-state index >= 15 is 0 Å². The molecule has 0 saturated heterocycles. The van der Waals surface area contributed by atoms with Gasteiger partial charge in [0.05, 0.1) is 0 Å². The van der Waals surface area contributed by atoms with Gasteiger partial charge in [0.2, 0.25) is 5.91 Å². The number of carbonyl (C=O) groups excluding carboxylic acids is 1. The van der Waals surface area contributed by atoms with Gasteiger partial charge >= 0.3 is 0 Å². The van der Waals surface area contributed by atoms with Crippen LogP contribution < -0.4 is 5.32 Å². The second-order valence-corrected chi connectivity index (χ2v) is 4.73. The topological polar surface area (TPSA) is 54.9 Å². The van der Waals surface area contributed by atoms with E-state index in [1.165, 1.54) is 12.4 Å². The number of fused-ring (bicyclic) bond motifs is 1. The molecule has 0 saturated carbocycles. The minimum absolute atomic E-state index is 0.165. The fourth-order valence-corrected chi connectivity index (χ4v) is 2.36. The predicted molar refractivity (Wildman–Crippen MR) is 78.2 cm³/mol. The Morgan fingerprint density at radius 1 is 1.15 bits per heavy atom. The van der Waals surface area contributed by atoms with Crippen molar-refractivity contribution in [2.75, 3.05) is 5.32 Å². The number of carbonyl (C=O) groups is 1. The van der Waals surface area contributed by atoms with Crippen LogP contribution in [-0.4, -0.2) is 15.9 Å². The molecule has 0 unspecified atom stereocenters. The average Bonchev–Trinajstić information content (AvgIpc) is 2.96. The minimum atomic E-state index is -0.165. The number of nitrogens with zero attached hydrogens (tertiary/aromatic N) is 2. The summed E-state index contributed by atoms with van der Waals surface area (Å²) in [6.45, 7) is 0. The highest BCUT2D eigenvalue weighted by Gasteiger charge is 2.17. The van der Waals surface area contributed by atoms with Crippen LogP contribution in [0.25, 0.3) is 6.08 Å². The van der Waals surface area contributed by atoms with Crippen LogP contribution in [0.2, 0.25) is 0 Å². The van der Waals surface area contributed by atoms with E-state index in [2.05, 4.69) is 15.3 Å². The van der Waals surface area contributed by atoms with Gasteiger partial charge in [-0.15, -0.1) is 0 Å². The van der Waals surface area contributed by atoms with E-state index in [9.17, 15) is 4.79 Å². The maximum absolute atomic E-state index is 11.9. The van der Waals surface area contributed by atoms with Crippen LogP contribution in [0.4, 0.5) is 5.82 Å². The molecule has 0 atom stereocenters. The molecule has 100 valence electrons. The molecule has 1 aliphatic carbocycles. The lowest BCUT2D eigenvalue weighted by Crippen LogP contribution is -2.11. The zero-order valence-electron chi connectivity index (χ0n) is 11.0. The lowest BCUT2D eigenvalue weighted by Gasteiger charge is -2.06. The number of nitrogens with one attached hydrogen (secondary N) is 1. The molecule has 0 fully saturated rings. The van der Waals surface area contributed by atoms with Crippen molar-refractivity contribution in [3.8, 4) is 0 Å². The molecule has 0 spiro atoms. The van der Waals surface area contributed by atoms with E-state index in [1.807, 2.05) is 30.3 Å². The molecule has 1 aromatic heterocycles. The van der Waals surface area contributed by atoms with E-state index < -0.39 is 0 Å². The maximum Gasteiger partial charge on any atom is 0.249 e. The van der Waals surface area contributed by atoms with Gasteiger partial charge in [-0.25, -0.2) is 9.97 Å². The molecule has 0 aliphatic heterocycles. The van der Waals surface area contributed by atoms with Crippen molar-refractivity contribution >= 4 is 17.8 Å². The van der Waals surface area contributed by atoms with Gasteiger partial charge in [0, 0.05) is 17.3 Å². The highest BCUT2D eigenvalue weighted by Crippen LogP contribution is 2.24. The van der Waals surface area contributed by atoms with Gasteiger partial charge in [-0.3, -0.25) is 4.79 Å². The Hall–Kier alpha value is -2.49. The second kappa shape index (κ2) is 5.65. The molecule has 1 aromatic carbocycles. The third-order valence-corrected chi connectivity index (χ3v) is 3.34. The lowest BCUT2D eigenvalue weighted by molar-refractivity contribution is -0.111. The first-order valence-electron chi connectivity index (χ1n) is 6.70. The summed E-state index contributed by atoms with van der Waals surface area (Å²) in [6, 6.07) is 9.73. The highest BCUT2D eigenvalue weighted by molar-refractivity contribution is 6.01. The Morgan fingerprint density at radius 2 is 2.00 bits per heavy atom. The van der Waals surface area contributed by atoms with Crippen molar-refractivity contribution in [1.82, 2.24) is 9.97 Å². The normalized spacial score (nSPS) is 13.4. The van der Waals surface area contributed by atoms with E-state index in [0.717, 1.165) is 36.1 Å². The Kier molecular flexibility index (Phi) is 3.54. The average molecular weight is 265 g/mol. The van der Waals surface area contributed by atoms with Crippen LogP contribution in [0.5, 0.6) is 0 Å². The third kappa shape index (κ3) is 2.74. The predicted octanol–water partition coefficient (Wildman–Crippen LogP) is 2.62. The number of hydrogen-bond acceptors (Lipinski definition) is 3. The van der Waals surface area contributed by atoms with E-state index in [4.69, 9.17) is 0 Å². The summed E-state index contributed by atoms with van der Waals surface area (Å²) in [6.07, 6.45) is 7.82. The van der Waals surface area contributed by atoms with Crippen molar-refractivity contribution in [3.63, 3.8) is 0 Å². The minimum Gasteiger partial charge on any atom is -0.307 e. The number of anilines is 1. The van der Waals surface area contributed by atoms with Crippen molar-refractivity contribution in [2.24, 2.45) is 0 Å². The Labute approximate surface area is 117 Å². The lowest BCUT2D eigenvalue weighted by atomic mass is 10.2. The molecular weight excluding hydrogens is 250 g/mol. The van der Waals surface area contributed by atoms with Crippen LogP contribution in [0.3, 0.4) is 0 Å². The number of amides is 1. The van der Waals surface area contributed by atoms with Gasteiger partial charge in [-0.05, 0) is 30.9 Å². The molecular formula is C16H15N3O. The molecule has 0 radical (unpaired) electrons. The zero-order chi connectivity index (χ0) is 13.8. The summed E-state index contributed by atoms with van der Waals surface area (Å²) >= 11 is 0. The summed E-state index contributed by atoms with van der Waals surface area (Å²) in [5.74, 6) is 0.483. The van der Waals surface area contributed by atoms with Crippen LogP contribution in [0, 0.1) is 0 Å². The van der Waals surface area contributed by atoms with E-state index in [1.54, 1.807) is 6.08 Å². The quantitative estimate of drug-likeness (QED) is 0.868. The van der Waals surface area contributed by atoms with E-state index in [0.29, 0.717) is 5.82 Å². The third-order valence-electron chi connectivity index (χ3n) is 3.34. The molecule has 1 N–H and O–H groups in total. The Bertz CT molecular complexity index is 650. The molecule has 4 nitrogen and oxygen atoms in total.